The van der Waals surface area contributed by atoms with Crippen molar-refractivity contribution in [3.05, 3.63) is 0 Å². The molecule has 16 heavy (non-hydrogen) atoms. The molecule has 0 aliphatic rings. The number of hydrogen-bond acceptors (Lipinski definition) is 4. The predicted octanol–water partition coefficient (Wildman–Crippen LogP) is 1.08. The van der Waals surface area contributed by atoms with Crippen LogP contribution < -0.4 is 10.6 Å². The Labute approximate surface area is 96.9 Å². The van der Waals surface area contributed by atoms with E-state index in [1.165, 1.54) is 0 Å². The minimum atomic E-state index is -0.376. The molecule has 0 saturated carbocycles. The summed E-state index contributed by atoms with van der Waals surface area (Å²) >= 11 is 0. The number of amides is 1. The third-order valence-corrected chi connectivity index (χ3v) is 2.30. The van der Waals surface area contributed by atoms with Crippen LogP contribution in [0.1, 0.15) is 33.1 Å². The van der Waals surface area contributed by atoms with Crippen LogP contribution in [0.3, 0.4) is 0 Å². The van der Waals surface area contributed by atoms with Crippen LogP contribution in [0.5, 0.6) is 0 Å². The van der Waals surface area contributed by atoms with E-state index in [1.54, 1.807) is 20.9 Å². The van der Waals surface area contributed by atoms with E-state index in [4.69, 9.17) is 4.74 Å². The number of carbonyl (C=O) groups excluding carboxylic acids is 2. The van der Waals surface area contributed by atoms with Gasteiger partial charge in [0.1, 0.15) is 5.78 Å². The van der Waals surface area contributed by atoms with Gasteiger partial charge in [-0.25, -0.2) is 4.79 Å². The van der Waals surface area contributed by atoms with Crippen LogP contribution in [-0.2, 0) is 9.53 Å². The van der Waals surface area contributed by atoms with Crippen LogP contribution in [0.15, 0.2) is 0 Å². The van der Waals surface area contributed by atoms with E-state index in [0.717, 1.165) is 19.3 Å². The molecular formula is C11H22N2O3. The highest BCUT2D eigenvalue weighted by atomic mass is 16.5. The maximum absolute atomic E-state index is 11.1. The maximum atomic E-state index is 11.1. The first-order valence-corrected chi connectivity index (χ1v) is 5.70. The summed E-state index contributed by atoms with van der Waals surface area (Å²) in [7, 11) is 1.78. The van der Waals surface area contributed by atoms with Crippen LogP contribution in [0, 0.1) is 0 Å². The van der Waals surface area contributed by atoms with Gasteiger partial charge in [0, 0.05) is 6.54 Å². The van der Waals surface area contributed by atoms with Gasteiger partial charge in [-0.15, -0.1) is 0 Å². The summed E-state index contributed by atoms with van der Waals surface area (Å²) in [6.07, 6.45) is 2.18. The van der Waals surface area contributed by atoms with Crippen LogP contribution >= 0.6 is 0 Å². The van der Waals surface area contributed by atoms with Crippen LogP contribution in [-0.4, -0.2) is 38.1 Å². The molecule has 0 aliphatic carbocycles. The molecule has 5 nitrogen and oxygen atoms in total. The molecule has 0 fully saturated rings. The largest absolute Gasteiger partial charge is 0.450 e. The first-order chi connectivity index (χ1) is 7.61. The number of Topliss-reactive ketones (excluding diaryl/α,β-unsaturated/α-hetero) is 1. The Morgan fingerprint density at radius 1 is 1.31 bits per heavy atom. The molecule has 0 aromatic carbocycles. The summed E-state index contributed by atoms with van der Waals surface area (Å²) < 4.78 is 4.71. The van der Waals surface area contributed by atoms with Crippen LogP contribution in [0.2, 0.25) is 0 Å². The molecule has 0 radical (unpaired) electrons. The second-order valence-electron chi connectivity index (χ2n) is 3.59. The lowest BCUT2D eigenvalue weighted by Gasteiger charge is -2.12. The summed E-state index contributed by atoms with van der Waals surface area (Å²) in [5.41, 5.74) is 0. The second kappa shape index (κ2) is 9.15. The van der Waals surface area contributed by atoms with Gasteiger partial charge in [-0.05, 0) is 40.2 Å². The fourth-order valence-corrected chi connectivity index (χ4v) is 1.40. The van der Waals surface area contributed by atoms with Gasteiger partial charge in [-0.1, -0.05) is 0 Å². The van der Waals surface area contributed by atoms with Crippen molar-refractivity contribution in [2.45, 2.75) is 39.2 Å². The van der Waals surface area contributed by atoms with Gasteiger partial charge in [-0.2, -0.15) is 0 Å². The Balaban J connectivity index is 3.45. The number of ketones is 1. The SMILES string of the molecule is CCOC(=O)NCCCCC(NC)C(C)=O. The molecule has 0 saturated heterocycles. The molecular weight excluding hydrogens is 208 g/mol. The predicted molar refractivity (Wildman–Crippen MR) is 62.4 cm³/mol. The molecule has 0 spiro atoms. The topological polar surface area (TPSA) is 67.4 Å². The lowest BCUT2D eigenvalue weighted by Crippen LogP contribution is -2.32. The summed E-state index contributed by atoms with van der Waals surface area (Å²) in [4.78, 5) is 22.0. The molecule has 0 bridgehead atoms. The summed E-state index contributed by atoms with van der Waals surface area (Å²) in [6, 6.07) is -0.0670. The average molecular weight is 230 g/mol. The summed E-state index contributed by atoms with van der Waals surface area (Å²) in [5.74, 6) is 0.154. The molecule has 1 atom stereocenters. The molecule has 0 aromatic heterocycles. The third-order valence-electron chi connectivity index (χ3n) is 2.30. The van der Waals surface area contributed by atoms with Gasteiger partial charge in [0.15, 0.2) is 0 Å². The fourth-order valence-electron chi connectivity index (χ4n) is 1.40. The van der Waals surface area contributed by atoms with Crippen molar-refractivity contribution in [3.63, 3.8) is 0 Å². The van der Waals surface area contributed by atoms with Gasteiger partial charge < -0.3 is 15.4 Å². The molecule has 0 rings (SSSR count). The number of rotatable bonds is 8. The molecule has 2 N–H and O–H groups in total. The summed E-state index contributed by atoms with van der Waals surface area (Å²) in [6.45, 7) is 4.33. The van der Waals surface area contributed by atoms with Crippen molar-refractivity contribution in [2.75, 3.05) is 20.2 Å². The minimum Gasteiger partial charge on any atom is -0.450 e. The van der Waals surface area contributed by atoms with Gasteiger partial charge in [0.25, 0.3) is 0 Å². The number of likely N-dealkylation sites (N-methyl/N-ethyl adjacent to an activating group) is 1. The van der Waals surface area contributed by atoms with Crippen molar-refractivity contribution in [1.29, 1.82) is 0 Å². The number of alkyl carbamates (subject to hydrolysis) is 1. The van der Waals surface area contributed by atoms with Crippen LogP contribution in [0.4, 0.5) is 4.79 Å². The Hall–Kier alpha value is -1.10. The van der Waals surface area contributed by atoms with Crippen molar-refractivity contribution < 1.29 is 14.3 Å². The first-order valence-electron chi connectivity index (χ1n) is 5.70. The van der Waals surface area contributed by atoms with Crippen molar-refractivity contribution in [3.8, 4) is 0 Å². The normalized spacial score (nSPS) is 11.9. The molecule has 0 heterocycles. The van der Waals surface area contributed by atoms with Crippen molar-refractivity contribution in [1.82, 2.24) is 10.6 Å². The molecule has 0 aliphatic heterocycles. The van der Waals surface area contributed by atoms with Gasteiger partial charge >= 0.3 is 6.09 Å². The van der Waals surface area contributed by atoms with Gasteiger partial charge in [0.2, 0.25) is 0 Å². The number of hydrogen-bond donors (Lipinski definition) is 2. The Bertz CT molecular complexity index is 219. The zero-order chi connectivity index (χ0) is 12.4. The van der Waals surface area contributed by atoms with E-state index in [2.05, 4.69) is 10.6 Å². The van der Waals surface area contributed by atoms with E-state index < -0.39 is 0 Å². The standard InChI is InChI=1S/C11H22N2O3/c1-4-16-11(15)13-8-6-5-7-10(12-3)9(2)14/h10,12H,4-8H2,1-3H3,(H,13,15). The zero-order valence-corrected chi connectivity index (χ0v) is 10.3. The van der Waals surface area contributed by atoms with E-state index in [9.17, 15) is 9.59 Å². The molecule has 1 unspecified atom stereocenters. The lowest BCUT2D eigenvalue weighted by molar-refractivity contribution is -0.119. The van der Waals surface area contributed by atoms with Gasteiger partial charge in [0.05, 0.1) is 12.6 Å². The Morgan fingerprint density at radius 2 is 2.00 bits per heavy atom. The highest BCUT2D eigenvalue weighted by molar-refractivity contribution is 5.81. The number of unbranched alkanes of at least 4 members (excludes halogenated alkanes) is 1. The average Bonchev–Trinajstić information content (AvgIpc) is 2.23. The Kier molecular flexibility index (Phi) is 8.52. The van der Waals surface area contributed by atoms with Crippen LogP contribution in [0.25, 0.3) is 0 Å². The quantitative estimate of drug-likeness (QED) is 0.612. The number of ether oxygens (including phenoxy) is 1. The summed E-state index contributed by atoms with van der Waals surface area (Å²) in [5, 5.41) is 5.60. The zero-order valence-electron chi connectivity index (χ0n) is 10.3. The minimum absolute atomic E-state index is 0.0670. The smallest absolute Gasteiger partial charge is 0.407 e. The van der Waals surface area contributed by atoms with E-state index in [1.807, 2.05) is 0 Å². The molecule has 0 aromatic rings. The maximum Gasteiger partial charge on any atom is 0.407 e. The molecule has 1 amide bonds. The highest BCUT2D eigenvalue weighted by Crippen LogP contribution is 2.01. The van der Waals surface area contributed by atoms with E-state index in [0.29, 0.717) is 13.2 Å². The van der Waals surface area contributed by atoms with E-state index >= 15 is 0 Å². The molecule has 5 heteroatoms. The first kappa shape index (κ1) is 14.9. The number of carbonyl (C=O) groups is 2. The highest BCUT2D eigenvalue weighted by Gasteiger charge is 2.10. The third kappa shape index (κ3) is 7.23. The van der Waals surface area contributed by atoms with Gasteiger partial charge in [-0.3, -0.25) is 4.79 Å². The Morgan fingerprint density at radius 3 is 2.50 bits per heavy atom. The second-order valence-corrected chi connectivity index (χ2v) is 3.59. The lowest BCUT2D eigenvalue weighted by atomic mass is 10.1. The van der Waals surface area contributed by atoms with Crippen molar-refractivity contribution in [2.24, 2.45) is 0 Å². The number of nitrogens with one attached hydrogen (secondary N) is 2. The van der Waals surface area contributed by atoms with Crippen molar-refractivity contribution >= 4 is 11.9 Å². The fraction of sp³-hybridized carbons (Fsp3) is 0.818. The van der Waals surface area contributed by atoms with E-state index in [-0.39, 0.29) is 17.9 Å². The monoisotopic (exact) mass is 230 g/mol. The molecule has 94 valence electrons.